The smallest absolute Gasteiger partial charge is 0.417 e. The molecule has 0 saturated heterocycles. The Morgan fingerprint density at radius 2 is 1.93 bits per heavy atom. The first-order valence-electron chi connectivity index (χ1n) is 13.8. The fourth-order valence-corrected chi connectivity index (χ4v) is 5.31. The predicted octanol–water partition coefficient (Wildman–Crippen LogP) is 5.61. The number of aromatic nitrogens is 2. The number of carbonyl (C=O) groups excluding carboxylic acids is 3. The molecule has 44 heavy (non-hydrogen) atoms. The highest BCUT2D eigenvalue weighted by atomic mass is 35.5. The van der Waals surface area contributed by atoms with E-state index in [4.69, 9.17) is 25.8 Å². The van der Waals surface area contributed by atoms with Crippen molar-refractivity contribution in [2.45, 2.75) is 57.3 Å². The molecule has 1 aliphatic heterocycles. The number of hydrogen-bond donors (Lipinski definition) is 2. The second kappa shape index (κ2) is 14.5. The molecule has 11 nitrogen and oxygen atoms in total. The van der Waals surface area contributed by atoms with E-state index in [1.165, 1.54) is 7.11 Å². The zero-order chi connectivity index (χ0) is 31.9. The maximum Gasteiger partial charge on any atom is 0.417 e. The number of hydrogen-bond acceptors (Lipinski definition) is 10. The third-order valence-corrected chi connectivity index (χ3v) is 7.47. The molecule has 0 spiro atoms. The summed E-state index contributed by atoms with van der Waals surface area (Å²) in [6.45, 7) is 7.23. The molecule has 0 fully saturated rings. The van der Waals surface area contributed by atoms with Gasteiger partial charge in [0.2, 0.25) is 0 Å². The minimum absolute atomic E-state index is 0.0263. The van der Waals surface area contributed by atoms with Crippen molar-refractivity contribution < 1.29 is 28.6 Å². The highest BCUT2D eigenvalue weighted by molar-refractivity contribution is 7.98. The molecule has 4 rings (SSSR count). The summed E-state index contributed by atoms with van der Waals surface area (Å²) in [5.74, 6) is -0.583. The van der Waals surface area contributed by atoms with Gasteiger partial charge in [-0.3, -0.25) is 24.3 Å². The van der Waals surface area contributed by atoms with Gasteiger partial charge in [0.1, 0.15) is 23.0 Å². The summed E-state index contributed by atoms with van der Waals surface area (Å²) < 4.78 is 19.6. The standard InChI is InChI=1S/C31H34ClN5O6S/c1-19(22-10-6-7-14-34-22)42-24-18-33-15-12-20(24)17-35-23-13-16-37(30(40)43-31(2,3)4)29(39)26(23)28(38)36-44-25-11-8-9-21(32)27(25)41-5/h6-12,14-15,18-19,35H,13,16-17H2,1-5H3,(H,36,38)/t19-/m1/s1. The van der Waals surface area contributed by atoms with Crippen LogP contribution in [0.5, 0.6) is 11.5 Å². The average molecular weight is 640 g/mol. The first kappa shape index (κ1) is 32.6. The predicted molar refractivity (Wildman–Crippen MR) is 166 cm³/mol. The van der Waals surface area contributed by atoms with E-state index in [1.54, 1.807) is 63.6 Å². The molecule has 3 amide bonds. The molecule has 232 valence electrons. The van der Waals surface area contributed by atoms with E-state index in [9.17, 15) is 14.4 Å². The highest BCUT2D eigenvalue weighted by Crippen LogP contribution is 2.34. The van der Waals surface area contributed by atoms with Crippen molar-refractivity contribution in [3.05, 3.63) is 88.6 Å². The summed E-state index contributed by atoms with van der Waals surface area (Å²) in [5, 5.41) is 3.60. The molecule has 0 aliphatic carbocycles. The summed E-state index contributed by atoms with van der Waals surface area (Å²) in [6, 6.07) is 12.5. The summed E-state index contributed by atoms with van der Waals surface area (Å²) in [4.78, 5) is 50.1. The molecule has 1 aromatic carbocycles. The Balaban J connectivity index is 1.58. The lowest BCUT2D eigenvalue weighted by Gasteiger charge is -2.31. The lowest BCUT2D eigenvalue weighted by Crippen LogP contribution is -2.48. The number of carbonyl (C=O) groups is 3. The molecular weight excluding hydrogens is 606 g/mol. The first-order chi connectivity index (χ1) is 21.0. The van der Waals surface area contributed by atoms with Crippen LogP contribution < -0.4 is 19.5 Å². The number of methoxy groups -OCH3 is 1. The van der Waals surface area contributed by atoms with Crippen LogP contribution in [0.1, 0.15) is 51.5 Å². The fraction of sp³-hybridized carbons (Fsp3) is 0.323. The monoisotopic (exact) mass is 639 g/mol. The van der Waals surface area contributed by atoms with Crippen LogP contribution in [-0.4, -0.2) is 52.0 Å². The molecule has 0 saturated carbocycles. The normalized spacial score (nSPS) is 14.1. The number of nitrogens with zero attached hydrogens (tertiary/aromatic N) is 3. The van der Waals surface area contributed by atoms with Crippen LogP contribution in [0.3, 0.4) is 0 Å². The maximum absolute atomic E-state index is 13.6. The number of imide groups is 1. The van der Waals surface area contributed by atoms with Crippen LogP contribution in [0.4, 0.5) is 4.79 Å². The average Bonchev–Trinajstić information content (AvgIpc) is 2.99. The third-order valence-electron chi connectivity index (χ3n) is 6.35. The molecule has 0 radical (unpaired) electrons. The molecule has 3 aromatic rings. The van der Waals surface area contributed by atoms with Crippen LogP contribution in [-0.2, 0) is 20.9 Å². The Morgan fingerprint density at radius 1 is 1.14 bits per heavy atom. The highest BCUT2D eigenvalue weighted by Gasteiger charge is 2.37. The number of nitrogens with one attached hydrogen (secondary N) is 2. The number of amides is 3. The summed E-state index contributed by atoms with van der Waals surface area (Å²) in [6.07, 6.45) is 3.95. The Bertz CT molecular complexity index is 1550. The lowest BCUT2D eigenvalue weighted by atomic mass is 10.0. The van der Waals surface area contributed by atoms with Crippen LogP contribution in [0.2, 0.25) is 5.02 Å². The van der Waals surface area contributed by atoms with Crippen molar-refractivity contribution in [1.82, 2.24) is 24.9 Å². The summed E-state index contributed by atoms with van der Waals surface area (Å²) in [7, 11) is 1.47. The van der Waals surface area contributed by atoms with Crippen molar-refractivity contribution in [2.24, 2.45) is 0 Å². The van der Waals surface area contributed by atoms with Crippen molar-refractivity contribution >= 4 is 41.5 Å². The molecule has 1 atom stereocenters. The lowest BCUT2D eigenvalue weighted by molar-refractivity contribution is -0.130. The molecule has 1 aliphatic rings. The molecule has 0 unspecified atom stereocenters. The molecule has 2 N–H and O–H groups in total. The van der Waals surface area contributed by atoms with Crippen molar-refractivity contribution in [1.29, 1.82) is 0 Å². The minimum Gasteiger partial charge on any atom is -0.494 e. The summed E-state index contributed by atoms with van der Waals surface area (Å²) >= 11 is 7.17. The van der Waals surface area contributed by atoms with E-state index in [1.807, 2.05) is 25.1 Å². The largest absolute Gasteiger partial charge is 0.494 e. The zero-order valence-corrected chi connectivity index (χ0v) is 26.6. The molecule has 13 heteroatoms. The Morgan fingerprint density at radius 3 is 2.64 bits per heavy atom. The number of pyridine rings is 2. The molecular formula is C31H34ClN5O6S. The van der Waals surface area contributed by atoms with Crippen molar-refractivity contribution in [2.75, 3.05) is 13.7 Å². The van der Waals surface area contributed by atoms with Gasteiger partial charge >= 0.3 is 6.09 Å². The van der Waals surface area contributed by atoms with Gasteiger partial charge in [0.15, 0.2) is 5.75 Å². The van der Waals surface area contributed by atoms with E-state index in [2.05, 4.69) is 20.0 Å². The molecule has 3 heterocycles. The quantitative estimate of drug-likeness (QED) is 0.213. The number of benzene rings is 1. The van der Waals surface area contributed by atoms with Gasteiger partial charge in [-0.25, -0.2) is 9.69 Å². The van der Waals surface area contributed by atoms with Gasteiger partial charge in [-0.15, -0.1) is 0 Å². The topological polar surface area (TPSA) is 132 Å². The van der Waals surface area contributed by atoms with Gasteiger partial charge in [0.25, 0.3) is 11.8 Å². The van der Waals surface area contributed by atoms with Crippen LogP contribution in [0, 0.1) is 0 Å². The minimum atomic E-state index is -0.829. The van der Waals surface area contributed by atoms with Crippen LogP contribution in [0.15, 0.2) is 77.2 Å². The van der Waals surface area contributed by atoms with E-state index in [0.717, 1.165) is 28.1 Å². The van der Waals surface area contributed by atoms with E-state index >= 15 is 0 Å². The number of halogens is 1. The first-order valence-corrected chi connectivity index (χ1v) is 15.0. The SMILES string of the molecule is COc1c(Cl)cccc1SNC(=O)C1=C(NCc2ccncc2O[C@H](C)c2ccccn2)CCN(C(=O)OC(C)(C)C)C1=O. The second-order valence-corrected chi connectivity index (χ2v) is 12.0. The van der Waals surface area contributed by atoms with E-state index < -0.39 is 23.5 Å². The maximum atomic E-state index is 13.6. The van der Waals surface area contributed by atoms with Crippen molar-refractivity contribution in [3.8, 4) is 11.5 Å². The van der Waals surface area contributed by atoms with Gasteiger partial charge < -0.3 is 19.5 Å². The molecule has 2 aromatic heterocycles. The van der Waals surface area contributed by atoms with Gasteiger partial charge in [-0.1, -0.05) is 23.7 Å². The van der Waals surface area contributed by atoms with Gasteiger partial charge in [-0.05, 0) is 70.0 Å². The van der Waals surface area contributed by atoms with Gasteiger partial charge in [-0.2, -0.15) is 0 Å². The number of para-hydroxylation sites is 1. The van der Waals surface area contributed by atoms with Gasteiger partial charge in [0, 0.05) is 43.2 Å². The molecule has 0 bridgehead atoms. The summed E-state index contributed by atoms with van der Waals surface area (Å²) in [5.41, 5.74) is 0.826. The Hall–Kier alpha value is -4.29. The fourth-order valence-electron chi connectivity index (χ4n) is 4.27. The van der Waals surface area contributed by atoms with E-state index in [0.29, 0.717) is 27.1 Å². The Labute approximate surface area is 265 Å². The second-order valence-electron chi connectivity index (χ2n) is 10.7. The number of rotatable bonds is 10. The van der Waals surface area contributed by atoms with Crippen LogP contribution in [0.25, 0.3) is 0 Å². The zero-order valence-electron chi connectivity index (χ0n) is 25.0. The Kier molecular flexibility index (Phi) is 10.7. The number of ether oxygens (including phenoxy) is 3. The third kappa shape index (κ3) is 8.20. The van der Waals surface area contributed by atoms with Crippen molar-refractivity contribution in [3.63, 3.8) is 0 Å². The van der Waals surface area contributed by atoms with E-state index in [-0.39, 0.29) is 31.2 Å². The van der Waals surface area contributed by atoms with Gasteiger partial charge in [0.05, 0.1) is 28.9 Å². The van der Waals surface area contributed by atoms with Crippen LogP contribution >= 0.6 is 23.5 Å².